The van der Waals surface area contributed by atoms with Crippen molar-refractivity contribution in [2.24, 2.45) is 44.8 Å². The topological polar surface area (TPSA) is 138 Å². The zero-order valence-corrected chi connectivity index (χ0v) is 26.7. The van der Waals surface area contributed by atoms with Crippen molar-refractivity contribution in [2.75, 3.05) is 16.8 Å². The first-order valence-electron chi connectivity index (χ1n) is 16.2. The van der Waals surface area contributed by atoms with E-state index in [4.69, 9.17) is 11.5 Å². The van der Waals surface area contributed by atoms with Gasteiger partial charge < -0.3 is 16.8 Å². The van der Waals surface area contributed by atoms with E-state index in [1.165, 1.54) is 24.1 Å². The molecule has 1 amide bonds. The van der Waals surface area contributed by atoms with Crippen LogP contribution in [0.2, 0.25) is 0 Å². The van der Waals surface area contributed by atoms with E-state index in [1.54, 1.807) is 11.6 Å². The summed E-state index contributed by atoms with van der Waals surface area (Å²) in [5.41, 5.74) is 16.6. The average molecular weight is 574 g/mol. The Kier molecular flexibility index (Phi) is 5.63. The van der Waals surface area contributed by atoms with Crippen LogP contribution in [-0.4, -0.2) is 26.3 Å². The van der Waals surface area contributed by atoms with Crippen molar-refractivity contribution in [3.8, 4) is 0 Å². The summed E-state index contributed by atoms with van der Waals surface area (Å²) in [6, 6.07) is 1.72. The third kappa shape index (κ3) is 3.44. The lowest BCUT2D eigenvalue weighted by atomic mass is 9.33. The molecular weight excluding hydrogens is 522 g/mol. The molecule has 8 nitrogen and oxygen atoms in total. The van der Waals surface area contributed by atoms with Crippen molar-refractivity contribution in [3.63, 3.8) is 0 Å². The zero-order chi connectivity index (χ0) is 30.1. The van der Waals surface area contributed by atoms with Crippen molar-refractivity contribution in [2.45, 2.75) is 112 Å². The van der Waals surface area contributed by atoms with Gasteiger partial charge in [-0.25, -0.2) is 0 Å². The largest absolute Gasteiger partial charge is 0.384 e. The number of nitrogens with one attached hydrogen (secondary N) is 3. The number of anilines is 3. The fourth-order valence-corrected chi connectivity index (χ4v) is 11.7. The number of aromatic amines is 2. The normalized spacial score (nSPS) is 41.3. The number of fused-ring (bicyclic) bond motifs is 8. The van der Waals surface area contributed by atoms with Crippen LogP contribution in [0.25, 0.3) is 0 Å². The van der Waals surface area contributed by atoms with Gasteiger partial charge in [0.25, 0.3) is 0 Å². The lowest BCUT2D eigenvalue weighted by molar-refractivity contribution is -0.165. The lowest BCUT2D eigenvalue weighted by Crippen LogP contribution is -2.65. The maximum atomic E-state index is 14.3. The highest BCUT2D eigenvalue weighted by Gasteiger charge is 2.69. The van der Waals surface area contributed by atoms with Gasteiger partial charge >= 0.3 is 0 Å². The summed E-state index contributed by atoms with van der Waals surface area (Å²) < 4.78 is 0. The van der Waals surface area contributed by atoms with E-state index < -0.39 is 5.41 Å². The van der Waals surface area contributed by atoms with Gasteiger partial charge in [-0.3, -0.25) is 15.0 Å². The summed E-state index contributed by atoms with van der Waals surface area (Å²) in [4.78, 5) is 14.3. The molecule has 3 unspecified atom stereocenters. The number of carbonyl (C=O) groups is 1. The summed E-state index contributed by atoms with van der Waals surface area (Å²) in [6.45, 7) is 17.4. The molecule has 7 atom stereocenters. The van der Waals surface area contributed by atoms with Gasteiger partial charge in [-0.15, -0.1) is 0 Å². The maximum Gasteiger partial charge on any atom is 0.232 e. The minimum absolute atomic E-state index is 0.00202. The molecular formula is C34H51N7O. The van der Waals surface area contributed by atoms with Gasteiger partial charge in [0, 0.05) is 22.7 Å². The Labute approximate surface area is 250 Å². The fourth-order valence-electron chi connectivity index (χ4n) is 11.7. The van der Waals surface area contributed by atoms with Crippen LogP contribution in [0.15, 0.2) is 17.7 Å². The Morgan fingerprint density at radius 2 is 1.69 bits per heavy atom. The molecule has 228 valence electrons. The zero-order valence-electron chi connectivity index (χ0n) is 26.7. The summed E-state index contributed by atoms with van der Waals surface area (Å²) in [5, 5.41) is 18.0. The van der Waals surface area contributed by atoms with Crippen molar-refractivity contribution < 1.29 is 4.79 Å². The Morgan fingerprint density at radius 1 is 0.952 bits per heavy atom. The highest BCUT2D eigenvalue weighted by molar-refractivity contribution is 5.95. The van der Waals surface area contributed by atoms with Crippen LogP contribution in [0.1, 0.15) is 111 Å². The molecule has 0 aromatic carbocycles. The van der Waals surface area contributed by atoms with Crippen LogP contribution < -0.4 is 16.8 Å². The molecule has 5 aliphatic carbocycles. The summed E-state index contributed by atoms with van der Waals surface area (Å²) in [5.74, 6) is 3.14. The quantitative estimate of drug-likeness (QED) is 0.253. The third-order valence-corrected chi connectivity index (χ3v) is 14.2. The summed E-state index contributed by atoms with van der Waals surface area (Å²) in [7, 11) is 0. The van der Waals surface area contributed by atoms with Gasteiger partial charge in [0.1, 0.15) is 11.6 Å². The molecule has 3 fully saturated rings. The molecule has 42 heavy (non-hydrogen) atoms. The van der Waals surface area contributed by atoms with Gasteiger partial charge in [0.05, 0.1) is 5.41 Å². The van der Waals surface area contributed by atoms with E-state index in [0.717, 1.165) is 44.9 Å². The Bertz CT molecular complexity index is 1480. The first-order chi connectivity index (χ1) is 19.6. The van der Waals surface area contributed by atoms with Crippen LogP contribution >= 0.6 is 0 Å². The summed E-state index contributed by atoms with van der Waals surface area (Å²) >= 11 is 0. The Morgan fingerprint density at radius 3 is 2.40 bits per heavy atom. The highest BCUT2D eigenvalue weighted by atomic mass is 16.2. The number of carbonyl (C=O) groups excluding carboxylic acids is 1. The minimum atomic E-state index is -0.411. The van der Waals surface area contributed by atoms with Gasteiger partial charge in [0.2, 0.25) is 5.91 Å². The maximum absolute atomic E-state index is 14.3. The SMILES string of the molecule is CC1(C)CC[C@]2(C(=O)Nc3cc(N)[nH]n3)CC[C@]3(C)C(=CCC4[C@@]5(C)Cc6c(N)n[nH]c6C(C)(C)C5CC[C@]43C)C2C1. The number of nitrogens with two attached hydrogens (primary N) is 2. The predicted molar refractivity (Wildman–Crippen MR) is 167 cm³/mol. The molecule has 5 aliphatic rings. The summed E-state index contributed by atoms with van der Waals surface area (Å²) in [6.07, 6.45) is 12.1. The molecule has 7 rings (SSSR count). The molecule has 0 aliphatic heterocycles. The van der Waals surface area contributed by atoms with Crippen LogP contribution in [0, 0.1) is 44.8 Å². The van der Waals surface area contributed by atoms with Crippen molar-refractivity contribution >= 4 is 23.4 Å². The number of rotatable bonds is 2. The number of nitrogen functional groups attached to an aromatic ring is 2. The van der Waals surface area contributed by atoms with E-state index in [-0.39, 0.29) is 38.9 Å². The van der Waals surface area contributed by atoms with Crippen LogP contribution in [0.4, 0.5) is 17.5 Å². The average Bonchev–Trinajstić information content (AvgIpc) is 3.48. The number of nitrogens with zero attached hydrogens (tertiary/aromatic N) is 2. The molecule has 7 N–H and O–H groups in total. The third-order valence-electron chi connectivity index (χ3n) is 14.2. The van der Waals surface area contributed by atoms with Gasteiger partial charge in [-0.2, -0.15) is 10.2 Å². The van der Waals surface area contributed by atoms with E-state index in [1.807, 2.05) is 0 Å². The predicted octanol–water partition coefficient (Wildman–Crippen LogP) is 6.75. The van der Waals surface area contributed by atoms with Crippen molar-refractivity contribution in [1.29, 1.82) is 0 Å². The van der Waals surface area contributed by atoms with Crippen LogP contribution in [0.5, 0.6) is 0 Å². The molecule has 2 aromatic heterocycles. The van der Waals surface area contributed by atoms with Gasteiger partial charge in [0.15, 0.2) is 5.82 Å². The molecule has 0 spiro atoms. The van der Waals surface area contributed by atoms with Crippen LogP contribution in [0.3, 0.4) is 0 Å². The standard InChI is InChI=1S/C34H51N7O/c1-29(2)12-14-34(28(42)37-25-16-24(35)38-39-25)15-13-32(6)20(21(34)18-29)8-9-23-31(5)17-19-26(40-41-27(19)36)30(3,4)22(31)10-11-33(23,32)7/h8,16,21-23H,9-15,17-18H2,1-7H3,(H3,36,40,41)(H4,35,37,38,39,42)/t21?,22?,23?,31-,32+,33+,34-/m0/s1. The van der Waals surface area contributed by atoms with Crippen LogP contribution in [-0.2, 0) is 16.6 Å². The first kappa shape index (κ1) is 28.0. The molecule has 0 radical (unpaired) electrons. The second-order valence-electron chi connectivity index (χ2n) is 16.9. The lowest BCUT2D eigenvalue weighted by Gasteiger charge is -2.70. The minimum Gasteiger partial charge on any atom is -0.384 e. The molecule has 8 heteroatoms. The number of hydrogen-bond acceptors (Lipinski definition) is 5. The van der Waals surface area contributed by atoms with E-state index in [9.17, 15) is 4.79 Å². The number of allylic oxidation sites excluding steroid dienone is 2. The number of H-pyrrole nitrogens is 2. The van der Waals surface area contributed by atoms with Gasteiger partial charge in [-0.05, 0) is 97.2 Å². The van der Waals surface area contributed by atoms with E-state index in [2.05, 4.69) is 80.3 Å². The number of hydrogen-bond donors (Lipinski definition) is 5. The molecule has 3 saturated carbocycles. The highest BCUT2D eigenvalue weighted by Crippen LogP contribution is 2.75. The molecule has 0 saturated heterocycles. The molecule has 2 aromatic rings. The second-order valence-corrected chi connectivity index (χ2v) is 16.9. The van der Waals surface area contributed by atoms with Crippen molar-refractivity contribution in [1.82, 2.24) is 20.4 Å². The Balaban J connectivity index is 1.30. The smallest absolute Gasteiger partial charge is 0.232 e. The molecule has 0 bridgehead atoms. The monoisotopic (exact) mass is 573 g/mol. The Hall–Kier alpha value is -2.77. The first-order valence-corrected chi connectivity index (χ1v) is 16.2. The molecule has 2 heterocycles. The fraction of sp³-hybridized carbons (Fsp3) is 0.735. The second kappa shape index (κ2) is 8.44. The van der Waals surface area contributed by atoms with Crippen molar-refractivity contribution in [3.05, 3.63) is 29.0 Å². The van der Waals surface area contributed by atoms with Gasteiger partial charge in [-0.1, -0.05) is 60.1 Å². The number of amides is 1. The van der Waals surface area contributed by atoms with E-state index in [0.29, 0.717) is 29.3 Å². The number of aromatic nitrogens is 4. The van der Waals surface area contributed by atoms with E-state index >= 15 is 0 Å².